The molecule has 3 nitrogen and oxygen atoms in total. The zero-order valence-corrected chi connectivity index (χ0v) is 13.0. The van der Waals surface area contributed by atoms with Crippen LogP contribution < -0.4 is 5.32 Å². The lowest BCUT2D eigenvalue weighted by Gasteiger charge is -2.09. The van der Waals surface area contributed by atoms with E-state index in [9.17, 15) is 0 Å². The van der Waals surface area contributed by atoms with Gasteiger partial charge in [-0.05, 0) is 18.9 Å². The summed E-state index contributed by atoms with van der Waals surface area (Å²) >= 11 is 0. The molecule has 2 rings (SSSR count). The molecule has 1 heterocycles. The van der Waals surface area contributed by atoms with Crippen LogP contribution >= 0.6 is 0 Å². The zero-order valence-electron chi connectivity index (χ0n) is 13.0. The second-order valence-corrected chi connectivity index (χ2v) is 5.52. The summed E-state index contributed by atoms with van der Waals surface area (Å²) < 4.78 is 11.7. The Morgan fingerprint density at radius 3 is 2.90 bits per heavy atom. The number of rotatable bonds is 9. The Morgan fingerprint density at radius 2 is 2.14 bits per heavy atom. The van der Waals surface area contributed by atoms with Crippen LogP contribution in [0.25, 0.3) is 11.0 Å². The summed E-state index contributed by atoms with van der Waals surface area (Å²) in [6.07, 6.45) is 3.91. The van der Waals surface area contributed by atoms with Crippen LogP contribution in [0.3, 0.4) is 0 Å². The lowest BCUT2D eigenvalue weighted by Crippen LogP contribution is -2.22. The Hall–Kier alpha value is -1.58. The monoisotopic (exact) mass is 287 g/mol. The van der Waals surface area contributed by atoms with Gasteiger partial charge in [-0.3, -0.25) is 0 Å². The van der Waals surface area contributed by atoms with Gasteiger partial charge in [0, 0.05) is 30.1 Å². The van der Waals surface area contributed by atoms with Gasteiger partial charge in [0.25, 0.3) is 0 Å². The second-order valence-electron chi connectivity index (χ2n) is 5.52. The number of hydrogen-bond donors (Lipinski definition) is 1. The molecule has 3 heteroatoms. The Labute approximate surface area is 127 Å². The van der Waals surface area contributed by atoms with E-state index in [4.69, 9.17) is 9.15 Å². The van der Waals surface area contributed by atoms with E-state index >= 15 is 0 Å². The Bertz CT molecular complexity index is 572. The van der Waals surface area contributed by atoms with E-state index in [1.807, 2.05) is 24.3 Å². The van der Waals surface area contributed by atoms with Gasteiger partial charge < -0.3 is 14.5 Å². The van der Waals surface area contributed by atoms with E-state index in [0.717, 1.165) is 37.3 Å². The number of nitrogens with one attached hydrogen (secondary N) is 1. The number of furan rings is 1. The quantitative estimate of drug-likeness (QED) is 0.548. The predicted octanol–water partition coefficient (Wildman–Crippen LogP) is 4.41. The summed E-state index contributed by atoms with van der Waals surface area (Å²) in [4.78, 5) is 0. The molecule has 0 saturated carbocycles. The lowest BCUT2D eigenvalue weighted by molar-refractivity contribution is 0.105. The van der Waals surface area contributed by atoms with Gasteiger partial charge in [0.05, 0.1) is 0 Å². The maximum atomic E-state index is 5.95. The number of unbranched alkanes of at least 4 members (excludes halogenated alkanes) is 1. The highest BCUT2D eigenvalue weighted by Gasteiger charge is 2.14. The molecule has 114 valence electrons. The summed E-state index contributed by atoms with van der Waals surface area (Å²) in [5.41, 5.74) is 2.14. The van der Waals surface area contributed by atoms with Crippen molar-refractivity contribution in [2.75, 3.05) is 6.61 Å². The number of benzene rings is 1. The first-order valence-corrected chi connectivity index (χ1v) is 7.63. The van der Waals surface area contributed by atoms with Gasteiger partial charge in [-0.25, -0.2) is 0 Å². The molecule has 1 aromatic carbocycles. The fraction of sp³-hybridized carbons (Fsp3) is 0.444. The van der Waals surface area contributed by atoms with Gasteiger partial charge in [-0.1, -0.05) is 38.1 Å². The summed E-state index contributed by atoms with van der Waals surface area (Å²) in [7, 11) is 0. The minimum absolute atomic E-state index is 0.444. The summed E-state index contributed by atoms with van der Waals surface area (Å²) in [6, 6.07) is 8.61. The molecule has 0 amide bonds. The molecule has 0 unspecified atom stereocenters. The number of ether oxygens (including phenoxy) is 1. The van der Waals surface area contributed by atoms with Gasteiger partial charge in [-0.2, -0.15) is 0 Å². The largest absolute Gasteiger partial charge is 0.458 e. The van der Waals surface area contributed by atoms with Crippen molar-refractivity contribution < 1.29 is 9.15 Å². The van der Waals surface area contributed by atoms with Gasteiger partial charge in [0.2, 0.25) is 0 Å². The molecule has 0 radical (unpaired) electrons. The molecular formula is C18H25NO2. The molecular weight excluding hydrogens is 262 g/mol. The van der Waals surface area contributed by atoms with Gasteiger partial charge in [0.15, 0.2) is 0 Å². The van der Waals surface area contributed by atoms with Crippen LogP contribution in [0.15, 0.2) is 41.3 Å². The van der Waals surface area contributed by atoms with Crippen molar-refractivity contribution in [2.45, 2.75) is 45.9 Å². The van der Waals surface area contributed by atoms with Crippen LogP contribution in [0, 0.1) is 0 Å². The Morgan fingerprint density at radius 1 is 1.33 bits per heavy atom. The standard InChI is InChI=1S/C18H25NO2/c1-4-5-8-11-20-13-18-16(12-19-14(2)3)15-9-6-7-10-17(15)21-18/h4,6-7,9-10,14,19H,1,5,8,11-13H2,2-3H3. The fourth-order valence-corrected chi connectivity index (χ4v) is 2.26. The molecule has 0 atom stereocenters. The number of hydrogen-bond acceptors (Lipinski definition) is 3. The molecule has 0 fully saturated rings. The fourth-order valence-electron chi connectivity index (χ4n) is 2.26. The van der Waals surface area contributed by atoms with E-state index < -0.39 is 0 Å². The van der Waals surface area contributed by atoms with Crippen molar-refractivity contribution in [3.05, 3.63) is 48.2 Å². The average Bonchev–Trinajstić information content (AvgIpc) is 2.82. The second kappa shape index (κ2) is 8.01. The van der Waals surface area contributed by atoms with Crippen LogP contribution in [-0.2, 0) is 17.9 Å². The normalized spacial score (nSPS) is 11.4. The highest BCUT2D eigenvalue weighted by Crippen LogP contribution is 2.26. The SMILES string of the molecule is C=CCCCOCc1oc2ccccc2c1CNC(C)C. The molecule has 0 saturated heterocycles. The van der Waals surface area contributed by atoms with Crippen molar-refractivity contribution in [3.63, 3.8) is 0 Å². The highest BCUT2D eigenvalue weighted by molar-refractivity contribution is 5.82. The average molecular weight is 287 g/mol. The topological polar surface area (TPSA) is 34.4 Å². The molecule has 21 heavy (non-hydrogen) atoms. The third-order valence-corrected chi connectivity index (χ3v) is 3.40. The summed E-state index contributed by atoms with van der Waals surface area (Å²) in [6.45, 7) is 10.1. The van der Waals surface area contributed by atoms with Crippen LogP contribution in [0.5, 0.6) is 0 Å². The van der Waals surface area contributed by atoms with E-state index in [1.165, 1.54) is 10.9 Å². The molecule has 0 bridgehead atoms. The minimum atomic E-state index is 0.444. The maximum absolute atomic E-state index is 5.95. The number of para-hydroxylation sites is 1. The molecule has 0 aliphatic carbocycles. The van der Waals surface area contributed by atoms with Gasteiger partial charge in [-0.15, -0.1) is 6.58 Å². The first kappa shape index (κ1) is 15.8. The van der Waals surface area contributed by atoms with E-state index in [0.29, 0.717) is 12.6 Å². The molecule has 2 aromatic rings. The Kier molecular flexibility index (Phi) is 6.03. The zero-order chi connectivity index (χ0) is 15.1. The summed E-state index contributed by atoms with van der Waals surface area (Å²) in [5, 5.41) is 4.64. The van der Waals surface area contributed by atoms with Crippen molar-refractivity contribution in [1.29, 1.82) is 0 Å². The predicted molar refractivity (Wildman–Crippen MR) is 87.3 cm³/mol. The number of allylic oxidation sites excluding steroid dienone is 1. The van der Waals surface area contributed by atoms with Crippen molar-refractivity contribution in [1.82, 2.24) is 5.32 Å². The van der Waals surface area contributed by atoms with Gasteiger partial charge >= 0.3 is 0 Å². The van der Waals surface area contributed by atoms with E-state index in [-0.39, 0.29) is 0 Å². The highest BCUT2D eigenvalue weighted by atomic mass is 16.5. The van der Waals surface area contributed by atoms with Crippen LogP contribution in [0.4, 0.5) is 0 Å². The Balaban J connectivity index is 2.08. The number of fused-ring (bicyclic) bond motifs is 1. The van der Waals surface area contributed by atoms with Crippen molar-refractivity contribution >= 4 is 11.0 Å². The van der Waals surface area contributed by atoms with Crippen molar-refractivity contribution in [3.8, 4) is 0 Å². The first-order chi connectivity index (χ1) is 10.2. The van der Waals surface area contributed by atoms with E-state index in [2.05, 4.69) is 31.8 Å². The smallest absolute Gasteiger partial charge is 0.135 e. The van der Waals surface area contributed by atoms with Crippen LogP contribution in [0.2, 0.25) is 0 Å². The molecule has 0 aliphatic rings. The van der Waals surface area contributed by atoms with E-state index in [1.54, 1.807) is 0 Å². The summed E-state index contributed by atoms with van der Waals surface area (Å²) in [5.74, 6) is 0.933. The molecule has 0 spiro atoms. The minimum Gasteiger partial charge on any atom is -0.458 e. The molecule has 1 aromatic heterocycles. The third kappa shape index (κ3) is 4.45. The van der Waals surface area contributed by atoms with Crippen LogP contribution in [-0.4, -0.2) is 12.6 Å². The van der Waals surface area contributed by atoms with Crippen LogP contribution in [0.1, 0.15) is 38.0 Å². The lowest BCUT2D eigenvalue weighted by atomic mass is 10.1. The maximum Gasteiger partial charge on any atom is 0.135 e. The van der Waals surface area contributed by atoms with Gasteiger partial charge in [0.1, 0.15) is 18.0 Å². The third-order valence-electron chi connectivity index (χ3n) is 3.40. The molecule has 0 aliphatic heterocycles. The molecule has 1 N–H and O–H groups in total. The first-order valence-electron chi connectivity index (χ1n) is 7.63. The van der Waals surface area contributed by atoms with Crippen molar-refractivity contribution in [2.24, 2.45) is 0 Å².